The number of thiol groups is 2. The van der Waals surface area contributed by atoms with E-state index in [4.69, 9.17) is 11.5 Å². The maximum absolute atomic E-state index is 15.1. The third kappa shape index (κ3) is 23.9. The molecule has 0 aliphatic rings. The van der Waals surface area contributed by atoms with Gasteiger partial charge in [0, 0.05) is 89.7 Å². The lowest BCUT2D eigenvalue weighted by atomic mass is 9.99. The quantitative estimate of drug-likeness (QED) is 0.0181. The number of carboxylic acid groups (broad SMARTS) is 1. The van der Waals surface area contributed by atoms with Gasteiger partial charge in [-0.05, 0) is 66.3 Å². The number of imidazole rings is 1. The van der Waals surface area contributed by atoms with Crippen molar-refractivity contribution >= 4 is 124 Å². The number of aliphatic hydroxyl groups is 1. The van der Waals surface area contributed by atoms with Crippen LogP contribution >= 0.6 is 25.3 Å². The highest BCUT2D eigenvalue weighted by molar-refractivity contribution is 7.80. The number of nitrogens with two attached hydrogens (primary N) is 2. The normalized spacial score (nSPS) is 14.7. The third-order valence-electron chi connectivity index (χ3n) is 16.8. The number of aliphatic hydroxyl groups excluding tert-OH is 1. The third-order valence-corrected chi connectivity index (χ3v) is 17.5. The first-order valence-corrected chi connectivity index (χ1v) is 34.6. The summed E-state index contributed by atoms with van der Waals surface area (Å²) in [4.78, 5) is 193. The van der Waals surface area contributed by atoms with E-state index in [2.05, 4.69) is 104 Å². The van der Waals surface area contributed by atoms with Crippen molar-refractivity contribution in [2.75, 3.05) is 18.1 Å². The van der Waals surface area contributed by atoms with Gasteiger partial charge < -0.3 is 100 Å². The minimum absolute atomic E-state index is 0.0965. The number of phenols is 1. The first kappa shape index (κ1) is 81.0. The smallest absolute Gasteiger partial charge is 0.305 e. The molecule has 0 saturated heterocycles. The molecular formula is C70H87N17O16S2. The Morgan fingerprint density at radius 3 is 1.32 bits per heavy atom. The second kappa shape index (κ2) is 38.8. The van der Waals surface area contributed by atoms with Crippen LogP contribution < -0.4 is 70.0 Å². The molecule has 33 nitrogen and oxygen atoms in total. The number of aromatic nitrogens is 4. The van der Waals surface area contributed by atoms with Crippen LogP contribution in [0.3, 0.4) is 0 Å². The average molecular weight is 1490 g/mol. The standard InChI is InChI=1S/C70H87N17O16S2/c1-35(2)58(86-65(98)51(25-41-29-75-47-17-11-9-15-45(41)47)80-64(97)53(27-57(91)92)82-67(100)54(32-104)84-60(93)36(3)71)69(102)85-55(33-105)68(101)78-49(23-39-18-20-43(89)21-19-39)62(95)79-50(24-40-28-74-46-16-10-8-14-44(40)46)63(96)81-52(26-42-30-73-34-77-42)66(99)87-59(37(4)88)70(103)83-48(61(94)76-31-56(72)90)22-38-12-6-5-7-13-38/h5-21,28-30,34-37,48-55,58-59,74-75,88-89,104-105H,22-27,31-33,71H2,1-4H3,(H2,72,90)(H,73,77)(H,76,94)(H,78,101)(H,79,95)(H,80,97)(H,81,96)(H,82,100)(H,83,103)(H,84,93)(H,85,102)(H,86,98)(H,87,99)(H,91,92)/t36-,37+,48-,49-,50-,51-,52-,53-,54-,55-,58-,59-/m0/s1. The van der Waals surface area contributed by atoms with Gasteiger partial charge in [0.25, 0.3) is 0 Å². The summed E-state index contributed by atoms with van der Waals surface area (Å²) < 4.78 is 0. The number of carbonyl (C=O) groups is 13. The van der Waals surface area contributed by atoms with Crippen molar-refractivity contribution < 1.29 is 77.6 Å². The van der Waals surface area contributed by atoms with Gasteiger partial charge in [-0.1, -0.05) is 92.7 Å². The van der Waals surface area contributed by atoms with Gasteiger partial charge in [0.05, 0.1) is 31.4 Å². The highest BCUT2D eigenvalue weighted by atomic mass is 32.1. The molecule has 0 radical (unpaired) electrons. The predicted molar refractivity (Wildman–Crippen MR) is 390 cm³/mol. The van der Waals surface area contributed by atoms with Gasteiger partial charge in [0.1, 0.15) is 66.2 Å². The Kier molecular flexibility index (Phi) is 30.0. The van der Waals surface area contributed by atoms with Crippen LogP contribution in [0.5, 0.6) is 5.75 Å². The number of para-hydroxylation sites is 2. The molecule has 0 aliphatic carbocycles. The van der Waals surface area contributed by atoms with E-state index in [1.165, 1.54) is 50.6 Å². The van der Waals surface area contributed by atoms with Crippen molar-refractivity contribution in [3.05, 3.63) is 156 Å². The van der Waals surface area contributed by atoms with Crippen LogP contribution in [0, 0.1) is 5.92 Å². The van der Waals surface area contributed by atoms with E-state index in [-0.39, 0.29) is 43.6 Å². The molecule has 3 aromatic heterocycles. The molecule has 7 rings (SSSR count). The van der Waals surface area contributed by atoms with E-state index in [1.807, 2.05) is 0 Å². The fourth-order valence-corrected chi connectivity index (χ4v) is 11.6. The van der Waals surface area contributed by atoms with Crippen LogP contribution in [-0.2, 0) is 94.4 Å². The number of rotatable bonds is 39. The lowest BCUT2D eigenvalue weighted by Gasteiger charge is -2.29. The van der Waals surface area contributed by atoms with E-state index >= 15 is 9.59 Å². The lowest BCUT2D eigenvalue weighted by Crippen LogP contribution is -2.62. The monoisotopic (exact) mass is 1490 g/mol. The van der Waals surface area contributed by atoms with Gasteiger partial charge in [0.2, 0.25) is 70.9 Å². The zero-order valence-electron chi connectivity index (χ0n) is 57.6. The number of aliphatic carboxylic acids is 1. The Morgan fingerprint density at radius 2 is 0.857 bits per heavy atom. The molecule has 21 N–H and O–H groups in total. The van der Waals surface area contributed by atoms with Gasteiger partial charge in [-0.2, -0.15) is 25.3 Å². The van der Waals surface area contributed by atoms with Crippen molar-refractivity contribution in [2.24, 2.45) is 17.4 Å². The number of phenolic OH excluding ortho intramolecular Hbond substituents is 1. The molecule has 0 unspecified atom stereocenters. The lowest BCUT2D eigenvalue weighted by molar-refractivity contribution is -0.141. The number of H-pyrrole nitrogens is 3. The van der Waals surface area contributed by atoms with Crippen molar-refractivity contribution in [1.82, 2.24) is 78.4 Å². The topological polar surface area (TPSA) is 527 Å². The van der Waals surface area contributed by atoms with Crippen LogP contribution in [0.25, 0.3) is 21.8 Å². The van der Waals surface area contributed by atoms with Crippen LogP contribution in [0.2, 0.25) is 0 Å². The average Bonchev–Trinajstić information content (AvgIpc) is 1.73. The fourth-order valence-electron chi connectivity index (χ4n) is 11.1. The number of hydrogen-bond acceptors (Lipinski definition) is 19. The molecule has 105 heavy (non-hydrogen) atoms. The summed E-state index contributed by atoms with van der Waals surface area (Å²) in [5.41, 5.74) is 14.5. The molecule has 12 amide bonds. The summed E-state index contributed by atoms with van der Waals surface area (Å²) in [7, 11) is 0. The number of nitrogens with zero attached hydrogens (tertiary/aromatic N) is 1. The maximum atomic E-state index is 15.1. The summed E-state index contributed by atoms with van der Waals surface area (Å²) in [6, 6.07) is 11.2. The number of nitrogens with one attached hydrogen (secondary N) is 14. The van der Waals surface area contributed by atoms with Gasteiger partial charge in [0.15, 0.2) is 0 Å². The van der Waals surface area contributed by atoms with E-state index in [1.54, 1.807) is 105 Å². The second-order valence-electron chi connectivity index (χ2n) is 25.4. The maximum Gasteiger partial charge on any atom is 0.305 e. The number of carbonyl (C=O) groups excluding carboxylic acids is 12. The molecule has 0 bridgehead atoms. The number of aromatic amines is 3. The Balaban J connectivity index is 1.14. The fraction of sp³-hybridized carbons (Fsp3) is 0.371. The molecule has 0 aliphatic heterocycles. The number of primary amides is 1. The van der Waals surface area contributed by atoms with Crippen molar-refractivity contribution in [3.8, 4) is 5.75 Å². The Morgan fingerprint density at radius 1 is 0.457 bits per heavy atom. The first-order chi connectivity index (χ1) is 50.0. The Labute approximate surface area is 613 Å². The zero-order valence-corrected chi connectivity index (χ0v) is 59.4. The van der Waals surface area contributed by atoms with Crippen LogP contribution in [0.15, 0.2) is 128 Å². The Hall–Kier alpha value is -11.3. The van der Waals surface area contributed by atoms with E-state index in [0.717, 1.165) is 0 Å². The van der Waals surface area contributed by atoms with Gasteiger partial charge in [-0.15, -0.1) is 0 Å². The van der Waals surface area contributed by atoms with Crippen molar-refractivity contribution in [3.63, 3.8) is 0 Å². The molecule has 560 valence electrons. The van der Waals surface area contributed by atoms with Crippen LogP contribution in [-0.4, -0.2) is 203 Å². The van der Waals surface area contributed by atoms with Crippen LogP contribution in [0.1, 0.15) is 62.1 Å². The summed E-state index contributed by atoms with van der Waals surface area (Å²) in [6.45, 7) is 5.12. The molecule has 7 aromatic rings. The molecular weight excluding hydrogens is 1400 g/mol. The van der Waals surface area contributed by atoms with Crippen molar-refractivity contribution in [1.29, 1.82) is 0 Å². The van der Waals surface area contributed by atoms with E-state index < -0.39 is 174 Å². The predicted octanol–water partition coefficient (Wildman–Crippen LogP) is -2.24. The molecule has 3 heterocycles. The molecule has 0 saturated carbocycles. The largest absolute Gasteiger partial charge is 0.508 e. The summed E-state index contributed by atoms with van der Waals surface area (Å²) in [5.74, 6) is -14.6. The second-order valence-corrected chi connectivity index (χ2v) is 26.1. The number of fused-ring (bicyclic) bond motifs is 2. The first-order valence-electron chi connectivity index (χ1n) is 33.4. The SMILES string of the molecule is CC(C)[C@H](NC(=O)[C@H](Cc1c[nH]c2ccccc12)NC(=O)[C@H](CC(=O)O)NC(=O)[C@H](CS)NC(=O)[C@H](C)N)C(=O)N[C@@H](CS)C(=O)N[C@@H](Cc1ccc(O)cc1)C(=O)N[C@@H](Cc1c[nH]c2ccccc12)C(=O)N[C@@H](Cc1cnc[nH]1)C(=O)N[C@H](C(=O)N[C@@H](Cc1ccccc1)C(=O)NCC(N)=O)[C@@H](C)O. The van der Waals surface area contributed by atoms with Gasteiger partial charge >= 0.3 is 5.97 Å². The highest BCUT2D eigenvalue weighted by Crippen LogP contribution is 2.22. The number of amides is 12. The number of benzene rings is 4. The Bertz CT molecular complexity index is 4210. The summed E-state index contributed by atoms with van der Waals surface area (Å²) in [6.07, 6.45) is 1.97. The molecule has 12 atom stereocenters. The number of carboxylic acids is 1. The van der Waals surface area contributed by atoms with Gasteiger partial charge in [-0.3, -0.25) is 62.3 Å². The minimum Gasteiger partial charge on any atom is -0.508 e. The minimum atomic E-state index is -1.83. The van der Waals surface area contributed by atoms with Crippen molar-refractivity contribution in [2.45, 2.75) is 139 Å². The molecule has 0 fully saturated rings. The van der Waals surface area contributed by atoms with Gasteiger partial charge in [-0.25, -0.2) is 4.98 Å². The highest BCUT2D eigenvalue weighted by Gasteiger charge is 2.39. The van der Waals surface area contributed by atoms with E-state index in [9.17, 15) is 68.1 Å². The van der Waals surface area contributed by atoms with E-state index in [0.29, 0.717) is 49.8 Å². The summed E-state index contributed by atoms with van der Waals surface area (Å²) >= 11 is 8.52. The van der Waals surface area contributed by atoms with Crippen LogP contribution in [0.4, 0.5) is 0 Å². The number of hydrogen-bond donors (Lipinski definition) is 21. The number of aromatic hydroxyl groups is 1. The molecule has 35 heteroatoms. The zero-order chi connectivity index (χ0) is 76.6. The summed E-state index contributed by atoms with van der Waals surface area (Å²) in [5, 5.41) is 60.4. The molecule has 0 spiro atoms. The molecule has 4 aromatic carbocycles.